The van der Waals surface area contributed by atoms with E-state index in [2.05, 4.69) is 12.2 Å². The van der Waals surface area contributed by atoms with Crippen molar-refractivity contribution in [2.75, 3.05) is 13.2 Å². The van der Waals surface area contributed by atoms with Crippen LogP contribution in [0, 0.1) is 5.41 Å². The normalized spacial score (nSPS) is 39.2. The molecule has 1 heteroatoms. The van der Waals surface area contributed by atoms with E-state index < -0.39 is 0 Å². The molecule has 0 aromatic carbocycles. The molecule has 1 fully saturated rings. The summed E-state index contributed by atoms with van der Waals surface area (Å²) in [5.74, 6) is 0. The maximum atomic E-state index is 5.40. The Labute approximate surface area is 62.1 Å². The number of allylic oxidation sites excluding steroid dienone is 2. The van der Waals surface area contributed by atoms with Crippen molar-refractivity contribution in [2.24, 2.45) is 5.41 Å². The van der Waals surface area contributed by atoms with Gasteiger partial charge in [-0.3, -0.25) is 0 Å². The Balaban J connectivity index is 2.06. The average molecular weight is 138 g/mol. The first-order valence-corrected chi connectivity index (χ1v) is 4.14. The first-order chi connectivity index (χ1) is 4.91. The Morgan fingerprint density at radius 2 is 2.20 bits per heavy atom. The summed E-state index contributed by atoms with van der Waals surface area (Å²) < 4.78 is 5.40. The van der Waals surface area contributed by atoms with Crippen molar-refractivity contribution < 1.29 is 4.74 Å². The van der Waals surface area contributed by atoms with E-state index >= 15 is 0 Å². The molecule has 0 N–H and O–H groups in total. The van der Waals surface area contributed by atoms with E-state index in [1.807, 2.05) is 0 Å². The van der Waals surface area contributed by atoms with Crippen LogP contribution in [0.5, 0.6) is 0 Å². The van der Waals surface area contributed by atoms with Crippen molar-refractivity contribution in [3.63, 3.8) is 0 Å². The lowest BCUT2D eigenvalue weighted by molar-refractivity contribution is 0.145. The Hall–Kier alpha value is -0.300. The molecule has 1 aliphatic heterocycles. The summed E-state index contributed by atoms with van der Waals surface area (Å²) >= 11 is 0. The molecule has 0 aromatic heterocycles. The smallest absolute Gasteiger partial charge is 0.0526 e. The molecule has 1 heterocycles. The molecule has 0 radical (unpaired) electrons. The van der Waals surface area contributed by atoms with E-state index in [4.69, 9.17) is 4.74 Å². The number of hydrogen-bond donors (Lipinski definition) is 0. The molecular weight excluding hydrogens is 124 g/mol. The lowest BCUT2D eigenvalue weighted by atomic mass is 9.77. The number of rotatable bonds is 0. The van der Waals surface area contributed by atoms with Gasteiger partial charge in [0.1, 0.15) is 0 Å². The van der Waals surface area contributed by atoms with Gasteiger partial charge in [-0.25, -0.2) is 0 Å². The largest absolute Gasteiger partial charge is 0.381 e. The third kappa shape index (κ3) is 0.988. The summed E-state index contributed by atoms with van der Waals surface area (Å²) in [4.78, 5) is 0. The van der Waals surface area contributed by atoms with Crippen LogP contribution in [0.1, 0.15) is 25.7 Å². The zero-order chi connectivity index (χ0) is 6.86. The zero-order valence-electron chi connectivity index (χ0n) is 6.31. The van der Waals surface area contributed by atoms with E-state index in [9.17, 15) is 0 Å². The molecule has 0 bridgehead atoms. The molecule has 1 atom stereocenters. The second-order valence-electron chi connectivity index (χ2n) is 3.52. The fourth-order valence-electron chi connectivity index (χ4n) is 1.95. The van der Waals surface area contributed by atoms with Crippen LogP contribution in [0.15, 0.2) is 12.2 Å². The Kier molecular flexibility index (Phi) is 1.53. The molecular formula is C9H14O. The summed E-state index contributed by atoms with van der Waals surface area (Å²) in [6.07, 6.45) is 9.78. The molecule has 1 spiro atoms. The van der Waals surface area contributed by atoms with Gasteiger partial charge in [-0.05, 0) is 31.1 Å². The topological polar surface area (TPSA) is 9.23 Å². The summed E-state index contributed by atoms with van der Waals surface area (Å²) in [6.45, 7) is 2.01. The van der Waals surface area contributed by atoms with Gasteiger partial charge in [0, 0.05) is 6.61 Å². The van der Waals surface area contributed by atoms with Crippen molar-refractivity contribution in [2.45, 2.75) is 25.7 Å². The summed E-state index contributed by atoms with van der Waals surface area (Å²) in [6, 6.07) is 0. The highest BCUT2D eigenvalue weighted by molar-refractivity contribution is 4.99. The van der Waals surface area contributed by atoms with Gasteiger partial charge in [-0.2, -0.15) is 0 Å². The highest BCUT2D eigenvalue weighted by Crippen LogP contribution is 2.39. The fraction of sp³-hybridized carbons (Fsp3) is 0.778. The average Bonchev–Trinajstić information content (AvgIpc) is 2.39. The fourth-order valence-corrected chi connectivity index (χ4v) is 1.95. The molecule has 0 aromatic rings. The van der Waals surface area contributed by atoms with Gasteiger partial charge in [0.25, 0.3) is 0 Å². The van der Waals surface area contributed by atoms with Crippen molar-refractivity contribution in [1.82, 2.24) is 0 Å². The molecule has 56 valence electrons. The maximum Gasteiger partial charge on any atom is 0.0526 e. The van der Waals surface area contributed by atoms with Gasteiger partial charge >= 0.3 is 0 Å². The molecule has 1 nitrogen and oxygen atoms in total. The quantitative estimate of drug-likeness (QED) is 0.466. The van der Waals surface area contributed by atoms with Crippen LogP contribution in [-0.4, -0.2) is 13.2 Å². The van der Waals surface area contributed by atoms with Crippen LogP contribution in [0.3, 0.4) is 0 Å². The van der Waals surface area contributed by atoms with Crippen LogP contribution < -0.4 is 0 Å². The monoisotopic (exact) mass is 138 g/mol. The summed E-state index contributed by atoms with van der Waals surface area (Å²) in [5.41, 5.74) is 0.564. The van der Waals surface area contributed by atoms with Gasteiger partial charge in [0.15, 0.2) is 0 Å². The Morgan fingerprint density at radius 1 is 1.20 bits per heavy atom. The SMILES string of the molecule is C1=CCC2(CC1)CCOC2. The predicted molar refractivity (Wildman–Crippen MR) is 40.9 cm³/mol. The lowest BCUT2D eigenvalue weighted by Gasteiger charge is -2.27. The lowest BCUT2D eigenvalue weighted by Crippen LogP contribution is -2.21. The molecule has 2 rings (SSSR count). The molecule has 1 saturated heterocycles. The molecule has 10 heavy (non-hydrogen) atoms. The van der Waals surface area contributed by atoms with Crippen molar-refractivity contribution >= 4 is 0 Å². The van der Waals surface area contributed by atoms with E-state index in [1.165, 1.54) is 25.7 Å². The minimum absolute atomic E-state index is 0.564. The minimum atomic E-state index is 0.564. The Bertz CT molecular complexity index is 143. The van der Waals surface area contributed by atoms with Gasteiger partial charge < -0.3 is 4.74 Å². The molecule has 0 amide bonds. The van der Waals surface area contributed by atoms with Gasteiger partial charge in [-0.1, -0.05) is 12.2 Å². The highest BCUT2D eigenvalue weighted by atomic mass is 16.5. The standard InChI is InChI=1S/C9H14O/c1-2-4-9(5-3-1)6-7-10-8-9/h1-2H,3-8H2. The van der Waals surface area contributed by atoms with Gasteiger partial charge in [0.05, 0.1) is 6.61 Å². The summed E-state index contributed by atoms with van der Waals surface area (Å²) in [7, 11) is 0. The maximum absolute atomic E-state index is 5.40. The molecule has 1 aliphatic carbocycles. The first kappa shape index (κ1) is 6.41. The second-order valence-corrected chi connectivity index (χ2v) is 3.52. The predicted octanol–water partition coefficient (Wildman–Crippen LogP) is 2.13. The van der Waals surface area contributed by atoms with Crippen LogP contribution in [0.25, 0.3) is 0 Å². The van der Waals surface area contributed by atoms with E-state index in [-0.39, 0.29) is 0 Å². The first-order valence-electron chi connectivity index (χ1n) is 4.14. The van der Waals surface area contributed by atoms with E-state index in [1.54, 1.807) is 0 Å². The van der Waals surface area contributed by atoms with Crippen LogP contribution in [0.4, 0.5) is 0 Å². The Morgan fingerprint density at radius 3 is 2.80 bits per heavy atom. The summed E-state index contributed by atoms with van der Waals surface area (Å²) in [5, 5.41) is 0. The molecule has 0 saturated carbocycles. The molecule has 1 unspecified atom stereocenters. The van der Waals surface area contributed by atoms with Gasteiger partial charge in [0.2, 0.25) is 0 Å². The number of ether oxygens (including phenoxy) is 1. The molecule has 2 aliphatic rings. The van der Waals surface area contributed by atoms with Crippen LogP contribution in [-0.2, 0) is 4.74 Å². The van der Waals surface area contributed by atoms with Crippen molar-refractivity contribution in [3.05, 3.63) is 12.2 Å². The van der Waals surface area contributed by atoms with Crippen molar-refractivity contribution in [1.29, 1.82) is 0 Å². The van der Waals surface area contributed by atoms with Crippen LogP contribution in [0.2, 0.25) is 0 Å². The van der Waals surface area contributed by atoms with E-state index in [0.29, 0.717) is 5.41 Å². The third-order valence-corrected chi connectivity index (χ3v) is 2.74. The minimum Gasteiger partial charge on any atom is -0.381 e. The van der Waals surface area contributed by atoms with Crippen LogP contribution >= 0.6 is 0 Å². The van der Waals surface area contributed by atoms with E-state index in [0.717, 1.165) is 13.2 Å². The highest BCUT2D eigenvalue weighted by Gasteiger charge is 2.33. The zero-order valence-corrected chi connectivity index (χ0v) is 6.31. The van der Waals surface area contributed by atoms with Gasteiger partial charge in [-0.15, -0.1) is 0 Å². The third-order valence-electron chi connectivity index (χ3n) is 2.74. The number of hydrogen-bond acceptors (Lipinski definition) is 1. The second kappa shape index (κ2) is 2.39. The van der Waals surface area contributed by atoms with Crippen molar-refractivity contribution in [3.8, 4) is 0 Å².